The first kappa shape index (κ1) is 10.1. The highest BCUT2D eigenvalue weighted by atomic mass is 35.5. The van der Waals surface area contributed by atoms with Gasteiger partial charge in [0.15, 0.2) is 0 Å². The van der Waals surface area contributed by atoms with Gasteiger partial charge in [0.25, 0.3) is 0 Å². The Balaban J connectivity index is 1.73. The topological polar surface area (TPSA) is 3.24 Å². The second-order valence-corrected chi connectivity index (χ2v) is 6.70. The number of allylic oxidation sites excluding steroid dienone is 2. The highest BCUT2D eigenvalue weighted by Crippen LogP contribution is 2.68. The normalized spacial score (nSPS) is 47.4. The van der Waals surface area contributed by atoms with Crippen LogP contribution in [0.3, 0.4) is 0 Å². The van der Waals surface area contributed by atoms with E-state index in [2.05, 4.69) is 40.8 Å². The molecular weight excluding hydrogens is 242 g/mol. The van der Waals surface area contributed by atoms with Gasteiger partial charge in [-0.1, -0.05) is 36.4 Å². The summed E-state index contributed by atoms with van der Waals surface area (Å²) in [6, 6.07) is 9.84. The number of halogens is 1. The molecule has 6 rings (SSSR count). The Morgan fingerprint density at radius 3 is 1.83 bits per heavy atom. The van der Waals surface area contributed by atoms with Crippen molar-refractivity contribution < 1.29 is 0 Å². The number of rotatable bonds is 0. The fourth-order valence-corrected chi connectivity index (χ4v) is 5.67. The zero-order chi connectivity index (χ0) is 11.9. The predicted octanol–water partition coefficient (Wildman–Crippen LogP) is 4.08. The van der Waals surface area contributed by atoms with Crippen molar-refractivity contribution in [2.75, 3.05) is 0 Å². The quantitative estimate of drug-likeness (QED) is 0.500. The number of hydrogen-bond donors (Lipinski definition) is 0. The average molecular weight is 258 g/mol. The van der Waals surface area contributed by atoms with E-state index in [0.29, 0.717) is 12.1 Å². The number of nitrogens with zero attached hydrogens (tertiary/aromatic N) is 1. The summed E-state index contributed by atoms with van der Waals surface area (Å²) in [5, 5.41) is 0. The van der Waals surface area contributed by atoms with Gasteiger partial charge in [0.05, 0.1) is 12.1 Å². The highest BCUT2D eigenvalue weighted by Gasteiger charge is 2.61. The lowest BCUT2D eigenvalue weighted by atomic mass is 9.57. The summed E-state index contributed by atoms with van der Waals surface area (Å²) in [5.41, 5.74) is 3.00. The van der Waals surface area contributed by atoms with E-state index in [1.165, 1.54) is 24.0 Å². The first-order valence-corrected chi connectivity index (χ1v) is 7.41. The molecular formula is C16H16ClN. The Hall–Kier alpha value is -0.790. The molecule has 92 valence electrons. The molecule has 4 bridgehead atoms. The predicted molar refractivity (Wildman–Crippen MR) is 72.0 cm³/mol. The minimum Gasteiger partial charge on any atom is -0.205 e. The Bertz CT molecular complexity index is 505. The van der Waals surface area contributed by atoms with Crippen molar-refractivity contribution in [2.24, 2.45) is 23.7 Å². The van der Waals surface area contributed by atoms with E-state index >= 15 is 0 Å². The second-order valence-electron chi connectivity index (χ2n) is 6.31. The van der Waals surface area contributed by atoms with Crippen molar-refractivity contribution in [2.45, 2.75) is 24.9 Å². The van der Waals surface area contributed by atoms with Crippen LogP contribution in [0.1, 0.15) is 36.1 Å². The zero-order valence-electron chi connectivity index (χ0n) is 10.2. The van der Waals surface area contributed by atoms with Gasteiger partial charge in [-0.2, -0.15) is 0 Å². The largest absolute Gasteiger partial charge is 0.205 e. The van der Waals surface area contributed by atoms with Gasteiger partial charge in [0.1, 0.15) is 0 Å². The van der Waals surface area contributed by atoms with Crippen LogP contribution < -0.4 is 0 Å². The summed E-state index contributed by atoms with van der Waals surface area (Å²) in [6.07, 6.45) is 7.70. The molecule has 3 aliphatic carbocycles. The van der Waals surface area contributed by atoms with Crippen LogP contribution in [0.5, 0.6) is 0 Å². The summed E-state index contributed by atoms with van der Waals surface area (Å²) in [5.74, 6) is 3.08. The molecule has 2 heteroatoms. The third kappa shape index (κ3) is 0.972. The van der Waals surface area contributed by atoms with Crippen LogP contribution in [0.15, 0.2) is 36.4 Å². The molecule has 1 aromatic carbocycles. The summed E-state index contributed by atoms with van der Waals surface area (Å²) in [7, 11) is 0. The van der Waals surface area contributed by atoms with E-state index in [1.54, 1.807) is 0 Å². The van der Waals surface area contributed by atoms with Crippen LogP contribution >= 0.6 is 11.8 Å². The molecule has 2 aliphatic heterocycles. The van der Waals surface area contributed by atoms with Gasteiger partial charge >= 0.3 is 0 Å². The zero-order valence-corrected chi connectivity index (χ0v) is 10.9. The maximum Gasteiger partial charge on any atom is 0.0548 e. The summed E-state index contributed by atoms with van der Waals surface area (Å²) in [4.78, 5) is 0. The summed E-state index contributed by atoms with van der Waals surface area (Å²) in [6.45, 7) is 0. The summed E-state index contributed by atoms with van der Waals surface area (Å²) >= 11 is 6.68. The molecule has 1 nitrogen and oxygen atoms in total. The first-order chi connectivity index (χ1) is 8.86. The molecule has 1 saturated heterocycles. The lowest BCUT2D eigenvalue weighted by molar-refractivity contribution is 0.122. The lowest BCUT2D eigenvalue weighted by Crippen LogP contribution is -2.39. The van der Waals surface area contributed by atoms with Gasteiger partial charge in [-0.15, -0.1) is 0 Å². The van der Waals surface area contributed by atoms with Gasteiger partial charge in [0.2, 0.25) is 0 Å². The van der Waals surface area contributed by atoms with Crippen molar-refractivity contribution in [1.29, 1.82) is 0 Å². The van der Waals surface area contributed by atoms with Crippen molar-refractivity contribution in [3.63, 3.8) is 0 Å². The van der Waals surface area contributed by atoms with Crippen molar-refractivity contribution in [3.05, 3.63) is 47.5 Å². The monoisotopic (exact) mass is 257 g/mol. The number of fused-ring (bicyclic) bond motifs is 6. The van der Waals surface area contributed by atoms with Crippen molar-refractivity contribution >= 4 is 11.8 Å². The van der Waals surface area contributed by atoms with E-state index in [4.69, 9.17) is 11.8 Å². The standard InChI is InChI=1S/C16H16ClN/c17-18-15-11-3-1-2-4-12(11)16(18)14-10-7-5-9(6-8-10)13(14)15/h1-5,7,9-10,13-16H,6,8H2/t9-,10+,13-,14+,15+,16-. The molecule has 6 atom stereocenters. The minimum absolute atomic E-state index is 0.468. The van der Waals surface area contributed by atoms with Gasteiger partial charge in [0, 0.05) is 0 Å². The number of hydrogen-bond acceptors (Lipinski definition) is 1. The second kappa shape index (κ2) is 3.20. The van der Waals surface area contributed by atoms with Crippen LogP contribution in [-0.4, -0.2) is 4.42 Å². The van der Waals surface area contributed by atoms with Gasteiger partial charge in [-0.3, -0.25) is 0 Å². The van der Waals surface area contributed by atoms with Crippen molar-refractivity contribution in [3.8, 4) is 0 Å². The number of benzene rings is 1. The molecule has 5 aliphatic rings. The van der Waals surface area contributed by atoms with Crippen LogP contribution in [-0.2, 0) is 0 Å². The molecule has 0 radical (unpaired) electrons. The average Bonchev–Trinajstić information content (AvgIpc) is 2.90. The first-order valence-electron chi connectivity index (χ1n) is 7.07. The third-order valence-corrected chi connectivity index (χ3v) is 6.19. The summed E-state index contributed by atoms with van der Waals surface area (Å²) < 4.78 is 2.15. The van der Waals surface area contributed by atoms with Crippen LogP contribution in [0, 0.1) is 23.7 Å². The van der Waals surface area contributed by atoms with E-state index in [1.807, 2.05) is 0 Å². The van der Waals surface area contributed by atoms with E-state index in [0.717, 1.165) is 23.7 Å². The van der Waals surface area contributed by atoms with Crippen LogP contribution in [0.2, 0.25) is 0 Å². The maximum atomic E-state index is 6.68. The fourth-order valence-electron chi connectivity index (χ4n) is 5.20. The van der Waals surface area contributed by atoms with Gasteiger partial charge in [-0.05, 0) is 59.4 Å². The van der Waals surface area contributed by atoms with E-state index in [9.17, 15) is 0 Å². The van der Waals surface area contributed by atoms with E-state index in [-0.39, 0.29) is 0 Å². The van der Waals surface area contributed by atoms with Crippen LogP contribution in [0.25, 0.3) is 0 Å². The lowest BCUT2D eigenvalue weighted by Gasteiger charge is -2.46. The smallest absolute Gasteiger partial charge is 0.0548 e. The van der Waals surface area contributed by atoms with Gasteiger partial charge < -0.3 is 0 Å². The molecule has 1 aromatic rings. The fraction of sp³-hybridized carbons (Fsp3) is 0.500. The molecule has 0 N–H and O–H groups in total. The molecule has 1 saturated carbocycles. The Morgan fingerprint density at radius 2 is 1.39 bits per heavy atom. The van der Waals surface area contributed by atoms with E-state index < -0.39 is 0 Å². The molecule has 18 heavy (non-hydrogen) atoms. The Kier molecular flexibility index (Phi) is 1.79. The Labute approximate surface area is 113 Å². The molecule has 0 aromatic heterocycles. The molecule has 0 spiro atoms. The van der Waals surface area contributed by atoms with Crippen molar-refractivity contribution in [1.82, 2.24) is 4.42 Å². The highest BCUT2D eigenvalue weighted by molar-refractivity contribution is 6.14. The SMILES string of the molecule is ClN1[C@@H]2c3ccccc3[C@H]1[C@H]1[C@@H]2[C@H]2C=C[C@@H]1CC2. The minimum atomic E-state index is 0.468. The molecule has 0 amide bonds. The molecule has 2 fully saturated rings. The van der Waals surface area contributed by atoms with Gasteiger partial charge in [-0.25, -0.2) is 4.42 Å². The molecule has 0 unspecified atom stereocenters. The molecule has 2 heterocycles. The maximum absolute atomic E-state index is 6.68. The Morgan fingerprint density at radius 1 is 0.889 bits per heavy atom. The third-order valence-electron chi connectivity index (χ3n) is 5.77. The van der Waals surface area contributed by atoms with Crippen LogP contribution in [0.4, 0.5) is 0 Å².